The standard InChI is InChI=1S/C22H23N3O3/c1-25(15-17-8-3-2-4-9-17)16-21(26)24-20-12-6-5-11-19(20)22(27)23-14-18-10-7-13-28-18/h2-13H,14-16H2,1H3,(H,23,27)(H,24,26). The molecule has 28 heavy (non-hydrogen) atoms. The summed E-state index contributed by atoms with van der Waals surface area (Å²) in [6.07, 6.45) is 1.56. The first kappa shape index (κ1) is 19.4. The molecule has 6 heteroatoms. The Morgan fingerprint density at radius 2 is 1.71 bits per heavy atom. The number of nitrogens with one attached hydrogen (secondary N) is 2. The fourth-order valence-corrected chi connectivity index (χ4v) is 2.85. The first-order chi connectivity index (χ1) is 13.6. The molecular weight excluding hydrogens is 354 g/mol. The van der Waals surface area contributed by atoms with E-state index in [1.807, 2.05) is 42.3 Å². The first-order valence-electron chi connectivity index (χ1n) is 9.04. The van der Waals surface area contributed by atoms with Crippen LogP contribution in [-0.2, 0) is 17.9 Å². The van der Waals surface area contributed by atoms with Crippen molar-refractivity contribution in [2.24, 2.45) is 0 Å². The number of likely N-dealkylation sites (N-methyl/N-ethyl adjacent to an activating group) is 1. The van der Waals surface area contributed by atoms with Gasteiger partial charge < -0.3 is 15.1 Å². The van der Waals surface area contributed by atoms with Crippen molar-refractivity contribution < 1.29 is 14.0 Å². The second kappa shape index (κ2) is 9.53. The third kappa shape index (κ3) is 5.56. The van der Waals surface area contributed by atoms with Crippen molar-refractivity contribution in [2.75, 3.05) is 18.9 Å². The smallest absolute Gasteiger partial charge is 0.253 e. The minimum Gasteiger partial charge on any atom is -0.467 e. The molecule has 0 bridgehead atoms. The summed E-state index contributed by atoms with van der Waals surface area (Å²) in [6, 6.07) is 20.5. The van der Waals surface area contributed by atoms with Gasteiger partial charge in [0.15, 0.2) is 0 Å². The van der Waals surface area contributed by atoms with Crippen LogP contribution in [0.25, 0.3) is 0 Å². The van der Waals surface area contributed by atoms with E-state index in [1.165, 1.54) is 0 Å². The summed E-state index contributed by atoms with van der Waals surface area (Å²) in [5.74, 6) is 0.215. The highest BCUT2D eigenvalue weighted by molar-refractivity contribution is 6.04. The lowest BCUT2D eigenvalue weighted by Crippen LogP contribution is -2.31. The van der Waals surface area contributed by atoms with Crippen LogP contribution in [0.1, 0.15) is 21.7 Å². The molecule has 2 amide bonds. The van der Waals surface area contributed by atoms with Gasteiger partial charge in [-0.1, -0.05) is 42.5 Å². The van der Waals surface area contributed by atoms with Crippen molar-refractivity contribution in [3.63, 3.8) is 0 Å². The highest BCUT2D eigenvalue weighted by atomic mass is 16.3. The third-order valence-corrected chi connectivity index (χ3v) is 4.16. The summed E-state index contributed by atoms with van der Waals surface area (Å²) in [7, 11) is 1.88. The van der Waals surface area contributed by atoms with Crippen LogP contribution >= 0.6 is 0 Å². The van der Waals surface area contributed by atoms with Gasteiger partial charge in [0.1, 0.15) is 5.76 Å². The molecular formula is C22H23N3O3. The monoisotopic (exact) mass is 377 g/mol. The van der Waals surface area contributed by atoms with Crippen LogP contribution in [0.15, 0.2) is 77.4 Å². The van der Waals surface area contributed by atoms with Crippen LogP contribution in [0, 0.1) is 0 Å². The largest absolute Gasteiger partial charge is 0.467 e. The maximum absolute atomic E-state index is 12.5. The molecule has 3 aromatic rings. The van der Waals surface area contributed by atoms with Crippen LogP contribution < -0.4 is 10.6 Å². The van der Waals surface area contributed by atoms with Crippen LogP contribution in [0.3, 0.4) is 0 Å². The summed E-state index contributed by atoms with van der Waals surface area (Å²) < 4.78 is 5.22. The number of furan rings is 1. The number of anilines is 1. The molecule has 0 saturated heterocycles. The Morgan fingerprint density at radius 3 is 2.46 bits per heavy atom. The van der Waals surface area contributed by atoms with E-state index in [-0.39, 0.29) is 24.9 Å². The molecule has 144 valence electrons. The Bertz CT molecular complexity index is 908. The Labute approximate surface area is 164 Å². The lowest BCUT2D eigenvalue weighted by atomic mass is 10.1. The summed E-state index contributed by atoms with van der Waals surface area (Å²) in [6.45, 7) is 1.17. The topological polar surface area (TPSA) is 74.6 Å². The Hall–Kier alpha value is -3.38. The molecule has 0 spiro atoms. The minimum atomic E-state index is -0.273. The summed E-state index contributed by atoms with van der Waals surface area (Å²) in [5.41, 5.74) is 2.03. The van der Waals surface area contributed by atoms with E-state index in [9.17, 15) is 9.59 Å². The molecule has 3 rings (SSSR count). The molecule has 0 saturated carbocycles. The fourth-order valence-electron chi connectivity index (χ4n) is 2.85. The van der Waals surface area contributed by atoms with E-state index in [1.54, 1.807) is 42.7 Å². The zero-order valence-electron chi connectivity index (χ0n) is 15.7. The van der Waals surface area contributed by atoms with Crippen molar-refractivity contribution in [3.8, 4) is 0 Å². The lowest BCUT2D eigenvalue weighted by molar-refractivity contribution is -0.117. The molecule has 0 unspecified atom stereocenters. The Balaban J connectivity index is 1.57. The maximum Gasteiger partial charge on any atom is 0.253 e. The molecule has 2 N–H and O–H groups in total. The number of para-hydroxylation sites is 1. The van der Waals surface area contributed by atoms with Gasteiger partial charge in [0.2, 0.25) is 5.91 Å². The molecule has 1 heterocycles. The average molecular weight is 377 g/mol. The normalized spacial score (nSPS) is 10.6. The molecule has 0 aliphatic heterocycles. The SMILES string of the molecule is CN(CC(=O)Nc1ccccc1C(=O)NCc1ccco1)Cc1ccccc1. The van der Waals surface area contributed by atoms with Gasteiger partial charge >= 0.3 is 0 Å². The highest BCUT2D eigenvalue weighted by Crippen LogP contribution is 2.15. The molecule has 6 nitrogen and oxygen atoms in total. The van der Waals surface area contributed by atoms with E-state index in [0.29, 0.717) is 23.6 Å². The van der Waals surface area contributed by atoms with Crippen molar-refractivity contribution in [1.29, 1.82) is 0 Å². The van der Waals surface area contributed by atoms with Gasteiger partial charge in [-0.15, -0.1) is 0 Å². The predicted octanol–water partition coefficient (Wildman–Crippen LogP) is 3.28. The Morgan fingerprint density at radius 1 is 0.964 bits per heavy atom. The molecule has 0 radical (unpaired) electrons. The number of rotatable bonds is 8. The number of carbonyl (C=O) groups is 2. The van der Waals surface area contributed by atoms with Crippen LogP contribution in [-0.4, -0.2) is 30.3 Å². The number of nitrogens with zero attached hydrogens (tertiary/aromatic N) is 1. The number of benzene rings is 2. The number of hydrogen-bond acceptors (Lipinski definition) is 4. The van der Waals surface area contributed by atoms with E-state index in [2.05, 4.69) is 10.6 Å². The van der Waals surface area contributed by atoms with Crippen LogP contribution in [0.2, 0.25) is 0 Å². The van der Waals surface area contributed by atoms with Crippen molar-refractivity contribution in [3.05, 3.63) is 89.9 Å². The first-order valence-corrected chi connectivity index (χ1v) is 9.04. The zero-order valence-corrected chi connectivity index (χ0v) is 15.7. The fraction of sp³-hybridized carbons (Fsp3) is 0.182. The quantitative estimate of drug-likeness (QED) is 0.632. The molecule has 1 aromatic heterocycles. The Kier molecular flexibility index (Phi) is 6.59. The summed E-state index contributed by atoms with van der Waals surface area (Å²) >= 11 is 0. The minimum absolute atomic E-state index is 0.176. The molecule has 0 atom stereocenters. The highest BCUT2D eigenvalue weighted by Gasteiger charge is 2.14. The van der Waals surface area contributed by atoms with Gasteiger partial charge in [0, 0.05) is 6.54 Å². The second-order valence-electron chi connectivity index (χ2n) is 6.51. The van der Waals surface area contributed by atoms with Gasteiger partial charge in [-0.25, -0.2) is 0 Å². The average Bonchev–Trinajstić information content (AvgIpc) is 3.21. The maximum atomic E-state index is 12.5. The van der Waals surface area contributed by atoms with Gasteiger partial charge in [0.25, 0.3) is 5.91 Å². The van der Waals surface area contributed by atoms with Gasteiger partial charge in [-0.05, 0) is 36.9 Å². The third-order valence-electron chi connectivity index (χ3n) is 4.16. The molecule has 0 aliphatic carbocycles. The molecule has 0 fully saturated rings. The number of amides is 2. The molecule has 0 aliphatic rings. The van der Waals surface area contributed by atoms with Gasteiger partial charge in [-0.2, -0.15) is 0 Å². The summed E-state index contributed by atoms with van der Waals surface area (Å²) in [5, 5.41) is 5.63. The number of carbonyl (C=O) groups excluding carboxylic acids is 2. The van der Waals surface area contributed by atoms with Gasteiger partial charge in [0.05, 0.1) is 30.6 Å². The van der Waals surface area contributed by atoms with E-state index in [0.717, 1.165) is 5.56 Å². The van der Waals surface area contributed by atoms with E-state index in [4.69, 9.17) is 4.42 Å². The molecule has 2 aromatic carbocycles. The van der Waals surface area contributed by atoms with Crippen molar-refractivity contribution in [2.45, 2.75) is 13.1 Å². The predicted molar refractivity (Wildman–Crippen MR) is 108 cm³/mol. The van der Waals surface area contributed by atoms with Crippen LogP contribution in [0.4, 0.5) is 5.69 Å². The van der Waals surface area contributed by atoms with Crippen molar-refractivity contribution in [1.82, 2.24) is 10.2 Å². The van der Waals surface area contributed by atoms with Crippen molar-refractivity contribution >= 4 is 17.5 Å². The lowest BCUT2D eigenvalue weighted by Gasteiger charge is -2.17. The van der Waals surface area contributed by atoms with E-state index >= 15 is 0 Å². The van der Waals surface area contributed by atoms with E-state index < -0.39 is 0 Å². The van der Waals surface area contributed by atoms with Gasteiger partial charge in [-0.3, -0.25) is 14.5 Å². The second-order valence-corrected chi connectivity index (χ2v) is 6.51. The number of hydrogen-bond donors (Lipinski definition) is 2. The van der Waals surface area contributed by atoms with Crippen LogP contribution in [0.5, 0.6) is 0 Å². The summed E-state index contributed by atoms with van der Waals surface area (Å²) in [4.78, 5) is 26.8. The zero-order chi connectivity index (χ0) is 19.8.